The van der Waals surface area contributed by atoms with Gasteiger partial charge in [0.1, 0.15) is 5.69 Å². The van der Waals surface area contributed by atoms with Crippen molar-refractivity contribution in [1.82, 2.24) is 9.36 Å². The highest BCUT2D eigenvalue weighted by molar-refractivity contribution is 6.30. The molecule has 1 heterocycles. The number of benzene rings is 2. The van der Waals surface area contributed by atoms with Gasteiger partial charge in [-0.3, -0.25) is 19.1 Å². The monoisotopic (exact) mass is 453 g/mol. The van der Waals surface area contributed by atoms with Gasteiger partial charge in [-0.05, 0) is 49.6 Å². The lowest BCUT2D eigenvalue weighted by atomic mass is 9.64. The summed E-state index contributed by atoms with van der Waals surface area (Å²) in [4.78, 5) is 38.3. The molecule has 1 saturated carbocycles. The lowest BCUT2D eigenvalue weighted by molar-refractivity contribution is -0.156. The van der Waals surface area contributed by atoms with Gasteiger partial charge in [0.25, 0.3) is 11.5 Å². The van der Waals surface area contributed by atoms with E-state index in [1.165, 1.54) is 4.68 Å². The van der Waals surface area contributed by atoms with Gasteiger partial charge < -0.3 is 10.1 Å². The molecule has 8 heteroatoms. The van der Waals surface area contributed by atoms with Gasteiger partial charge in [-0.1, -0.05) is 48.4 Å². The molecular formula is C24H24ClN3O4. The summed E-state index contributed by atoms with van der Waals surface area (Å²) in [6.45, 7) is 1.28. The van der Waals surface area contributed by atoms with E-state index in [1.54, 1.807) is 30.8 Å². The van der Waals surface area contributed by atoms with Crippen molar-refractivity contribution < 1.29 is 14.3 Å². The lowest BCUT2D eigenvalue weighted by Crippen LogP contribution is -2.44. The van der Waals surface area contributed by atoms with E-state index in [0.29, 0.717) is 29.2 Å². The van der Waals surface area contributed by atoms with Crippen LogP contribution in [0.15, 0.2) is 59.4 Å². The number of esters is 1. The van der Waals surface area contributed by atoms with Crippen LogP contribution in [0.3, 0.4) is 0 Å². The third-order valence-corrected chi connectivity index (χ3v) is 6.40. The molecule has 1 aliphatic carbocycles. The number of amides is 1. The number of para-hydroxylation sites is 1. The predicted molar refractivity (Wildman–Crippen MR) is 122 cm³/mol. The molecule has 1 amide bonds. The molecule has 0 aliphatic heterocycles. The first-order valence-electron chi connectivity index (χ1n) is 10.4. The summed E-state index contributed by atoms with van der Waals surface area (Å²) in [7, 11) is 1.74. The molecule has 1 aromatic heterocycles. The fourth-order valence-corrected chi connectivity index (χ4v) is 4.19. The number of ether oxygens (including phenoxy) is 1. The number of halogens is 1. The minimum absolute atomic E-state index is 0.161. The smallest absolute Gasteiger partial charge is 0.317 e. The molecule has 1 N–H and O–H groups in total. The topological polar surface area (TPSA) is 82.3 Å². The Hall–Kier alpha value is -3.32. The van der Waals surface area contributed by atoms with Gasteiger partial charge in [0.15, 0.2) is 6.61 Å². The van der Waals surface area contributed by atoms with Gasteiger partial charge in [0, 0.05) is 12.1 Å². The predicted octanol–water partition coefficient (Wildman–Crippen LogP) is 3.74. The normalized spacial score (nSPS) is 14.5. The number of rotatable bonds is 6. The molecule has 0 spiro atoms. The summed E-state index contributed by atoms with van der Waals surface area (Å²) in [5.74, 6) is -0.998. The number of anilines is 1. The van der Waals surface area contributed by atoms with Crippen LogP contribution in [0.25, 0.3) is 5.69 Å². The van der Waals surface area contributed by atoms with E-state index in [9.17, 15) is 14.4 Å². The molecule has 1 aliphatic rings. The van der Waals surface area contributed by atoms with Crippen LogP contribution in [0.2, 0.25) is 5.02 Å². The maximum absolute atomic E-state index is 12.9. The molecule has 2 aromatic carbocycles. The van der Waals surface area contributed by atoms with E-state index in [4.69, 9.17) is 16.3 Å². The second-order valence-electron chi connectivity index (χ2n) is 8.00. The summed E-state index contributed by atoms with van der Waals surface area (Å²) in [5, 5.41) is 3.20. The molecule has 0 radical (unpaired) electrons. The Kier molecular flexibility index (Phi) is 5.93. The summed E-state index contributed by atoms with van der Waals surface area (Å²) in [6, 6.07) is 16.3. The van der Waals surface area contributed by atoms with E-state index in [0.717, 1.165) is 12.0 Å². The van der Waals surface area contributed by atoms with E-state index >= 15 is 0 Å². The Morgan fingerprint density at radius 1 is 1.09 bits per heavy atom. The fraction of sp³-hybridized carbons (Fsp3) is 0.292. The van der Waals surface area contributed by atoms with Gasteiger partial charge in [-0.15, -0.1) is 0 Å². The largest absolute Gasteiger partial charge is 0.455 e. The Balaban J connectivity index is 1.46. The summed E-state index contributed by atoms with van der Waals surface area (Å²) in [6.07, 6.45) is 2.23. The number of aromatic nitrogens is 2. The third-order valence-electron chi connectivity index (χ3n) is 6.15. The zero-order chi connectivity index (χ0) is 22.9. The summed E-state index contributed by atoms with van der Waals surface area (Å²) in [5.41, 5.74) is 1.18. The third kappa shape index (κ3) is 3.84. The average molecular weight is 454 g/mol. The van der Waals surface area contributed by atoms with E-state index in [1.807, 2.05) is 42.5 Å². The molecular weight excluding hydrogens is 430 g/mol. The van der Waals surface area contributed by atoms with Crippen LogP contribution in [0, 0.1) is 6.92 Å². The van der Waals surface area contributed by atoms with E-state index in [2.05, 4.69) is 5.32 Å². The van der Waals surface area contributed by atoms with Crippen molar-refractivity contribution in [3.05, 3.63) is 81.2 Å². The first kappa shape index (κ1) is 21.9. The van der Waals surface area contributed by atoms with Crippen LogP contribution >= 0.6 is 11.6 Å². The van der Waals surface area contributed by atoms with Gasteiger partial charge in [0.2, 0.25) is 0 Å². The molecule has 0 saturated heterocycles. The van der Waals surface area contributed by atoms with Crippen molar-refractivity contribution >= 4 is 29.2 Å². The first-order chi connectivity index (χ1) is 15.3. The molecule has 0 unspecified atom stereocenters. The average Bonchev–Trinajstić information content (AvgIpc) is 2.96. The van der Waals surface area contributed by atoms with E-state index < -0.39 is 23.9 Å². The van der Waals surface area contributed by atoms with Gasteiger partial charge in [0.05, 0.1) is 16.8 Å². The quantitative estimate of drug-likeness (QED) is 0.576. The van der Waals surface area contributed by atoms with Crippen LogP contribution in [-0.2, 0) is 26.8 Å². The Bertz CT molecular complexity index is 1210. The zero-order valence-corrected chi connectivity index (χ0v) is 18.7. The minimum Gasteiger partial charge on any atom is -0.455 e. The minimum atomic E-state index is -0.743. The molecule has 166 valence electrons. The van der Waals surface area contributed by atoms with Gasteiger partial charge >= 0.3 is 5.97 Å². The van der Waals surface area contributed by atoms with Crippen molar-refractivity contribution in [1.29, 1.82) is 0 Å². The molecule has 0 atom stereocenters. The highest BCUT2D eigenvalue weighted by Gasteiger charge is 2.47. The number of nitrogens with zero attached hydrogens (tertiary/aromatic N) is 2. The van der Waals surface area contributed by atoms with Crippen LogP contribution < -0.4 is 10.9 Å². The molecule has 4 rings (SSSR count). The van der Waals surface area contributed by atoms with Crippen LogP contribution in [0.1, 0.15) is 30.5 Å². The van der Waals surface area contributed by atoms with Crippen LogP contribution in [0.5, 0.6) is 0 Å². The van der Waals surface area contributed by atoms with Crippen LogP contribution in [-0.4, -0.2) is 27.8 Å². The van der Waals surface area contributed by atoms with Gasteiger partial charge in [-0.25, -0.2) is 4.68 Å². The first-order valence-corrected chi connectivity index (χ1v) is 10.8. The fourth-order valence-electron chi connectivity index (χ4n) is 4.07. The Labute approximate surface area is 190 Å². The Morgan fingerprint density at radius 3 is 2.34 bits per heavy atom. The van der Waals surface area contributed by atoms with E-state index in [-0.39, 0.29) is 11.2 Å². The van der Waals surface area contributed by atoms with Crippen molar-refractivity contribution in [2.24, 2.45) is 7.05 Å². The number of carbonyl (C=O) groups excluding carboxylic acids is 2. The van der Waals surface area contributed by atoms with Crippen molar-refractivity contribution in [3.63, 3.8) is 0 Å². The van der Waals surface area contributed by atoms with Crippen molar-refractivity contribution in [2.75, 3.05) is 11.9 Å². The Morgan fingerprint density at radius 2 is 1.75 bits per heavy atom. The van der Waals surface area contributed by atoms with Gasteiger partial charge in [-0.2, -0.15) is 0 Å². The standard InChI is InChI=1S/C24H24ClN3O4/c1-16-21(22(30)28(27(16)2)19-7-4-3-5-8-19)26-20(29)15-32-23(31)24(13-6-14-24)17-9-11-18(25)12-10-17/h3-5,7-12H,6,13-15H2,1-2H3,(H,26,29). The maximum Gasteiger partial charge on any atom is 0.317 e. The summed E-state index contributed by atoms with van der Waals surface area (Å²) >= 11 is 5.96. The second kappa shape index (κ2) is 8.67. The summed E-state index contributed by atoms with van der Waals surface area (Å²) < 4.78 is 8.51. The number of carbonyl (C=O) groups is 2. The van der Waals surface area contributed by atoms with Crippen molar-refractivity contribution in [2.45, 2.75) is 31.6 Å². The number of hydrogen-bond acceptors (Lipinski definition) is 4. The highest BCUT2D eigenvalue weighted by Crippen LogP contribution is 2.45. The number of hydrogen-bond donors (Lipinski definition) is 1. The molecule has 32 heavy (non-hydrogen) atoms. The highest BCUT2D eigenvalue weighted by atomic mass is 35.5. The zero-order valence-electron chi connectivity index (χ0n) is 17.9. The molecule has 0 bridgehead atoms. The number of nitrogens with one attached hydrogen (secondary N) is 1. The van der Waals surface area contributed by atoms with Crippen molar-refractivity contribution in [3.8, 4) is 5.69 Å². The maximum atomic E-state index is 12.9. The second-order valence-corrected chi connectivity index (χ2v) is 8.44. The molecule has 7 nitrogen and oxygen atoms in total. The lowest BCUT2D eigenvalue weighted by Gasteiger charge is -2.39. The SMILES string of the molecule is Cc1c(NC(=O)COC(=O)C2(c3ccc(Cl)cc3)CCC2)c(=O)n(-c2ccccc2)n1C. The van der Waals surface area contributed by atoms with Crippen LogP contribution in [0.4, 0.5) is 5.69 Å². The molecule has 1 fully saturated rings. The molecule has 3 aromatic rings.